The molecule has 0 radical (unpaired) electrons. The predicted molar refractivity (Wildman–Crippen MR) is 59.0 cm³/mol. The van der Waals surface area contributed by atoms with Gasteiger partial charge in [0, 0.05) is 22.8 Å². The third-order valence-electron chi connectivity index (χ3n) is 2.34. The van der Waals surface area contributed by atoms with Crippen molar-refractivity contribution < 1.29 is 9.90 Å². The Morgan fingerprint density at radius 3 is 3.00 bits per heavy atom. The molecule has 0 saturated heterocycles. The Kier molecular flexibility index (Phi) is 2.33. The fraction of sp³-hybridized carbons (Fsp3) is 0.182. The molecule has 1 unspecified atom stereocenters. The molecule has 0 aliphatic heterocycles. The second-order valence-corrected chi connectivity index (χ2v) is 3.45. The van der Waals surface area contributed by atoms with Crippen molar-refractivity contribution in [1.82, 2.24) is 4.98 Å². The van der Waals surface area contributed by atoms with E-state index in [4.69, 9.17) is 5.11 Å². The fourth-order valence-electron chi connectivity index (χ4n) is 1.51. The zero-order valence-corrected chi connectivity index (χ0v) is 8.32. The van der Waals surface area contributed by atoms with Crippen molar-refractivity contribution in [3.8, 4) is 0 Å². The number of carboxylic acid groups (broad SMARTS) is 1. The number of hydrogen-bond acceptors (Lipinski definition) is 2. The molecule has 4 heteroatoms. The SMILES string of the molecule is CC(Nc1cccc2[nH]ccc12)C(=O)O. The number of benzene rings is 1. The van der Waals surface area contributed by atoms with Gasteiger partial charge in [0.2, 0.25) is 0 Å². The minimum absolute atomic E-state index is 0.592. The molecule has 1 aromatic heterocycles. The lowest BCUT2D eigenvalue weighted by Gasteiger charge is -2.11. The third kappa shape index (κ3) is 1.79. The molecule has 2 aromatic rings. The smallest absolute Gasteiger partial charge is 0.325 e. The lowest BCUT2D eigenvalue weighted by atomic mass is 10.2. The van der Waals surface area contributed by atoms with E-state index in [1.807, 2.05) is 30.5 Å². The molecule has 0 fully saturated rings. The van der Waals surface area contributed by atoms with Crippen LogP contribution in [0.4, 0.5) is 5.69 Å². The van der Waals surface area contributed by atoms with E-state index in [0.29, 0.717) is 0 Å². The number of fused-ring (bicyclic) bond motifs is 1. The number of aromatic amines is 1. The van der Waals surface area contributed by atoms with Crippen LogP contribution in [-0.2, 0) is 4.79 Å². The van der Waals surface area contributed by atoms with Gasteiger partial charge >= 0.3 is 5.97 Å². The number of H-pyrrole nitrogens is 1. The molecule has 0 bridgehead atoms. The maximum Gasteiger partial charge on any atom is 0.325 e. The summed E-state index contributed by atoms with van der Waals surface area (Å²) in [5.41, 5.74) is 1.83. The standard InChI is InChI=1S/C11H12N2O2/c1-7(11(14)15)13-10-4-2-3-9-8(10)5-6-12-9/h2-7,12-13H,1H3,(H,14,15). The highest BCUT2D eigenvalue weighted by Gasteiger charge is 2.11. The summed E-state index contributed by atoms with van der Waals surface area (Å²) in [4.78, 5) is 13.8. The lowest BCUT2D eigenvalue weighted by molar-refractivity contribution is -0.137. The zero-order valence-electron chi connectivity index (χ0n) is 8.32. The lowest BCUT2D eigenvalue weighted by Crippen LogP contribution is -2.25. The van der Waals surface area contributed by atoms with Crippen LogP contribution in [-0.4, -0.2) is 22.1 Å². The molecular formula is C11H12N2O2. The number of aliphatic carboxylic acids is 1. The first-order valence-electron chi connectivity index (χ1n) is 4.74. The van der Waals surface area contributed by atoms with Crippen LogP contribution in [0.25, 0.3) is 10.9 Å². The van der Waals surface area contributed by atoms with Crippen molar-refractivity contribution in [1.29, 1.82) is 0 Å². The molecule has 15 heavy (non-hydrogen) atoms. The van der Waals surface area contributed by atoms with Crippen LogP contribution in [0, 0.1) is 0 Å². The Labute approximate surface area is 86.9 Å². The van der Waals surface area contributed by atoms with Gasteiger partial charge in [-0.25, -0.2) is 0 Å². The number of aromatic nitrogens is 1. The topological polar surface area (TPSA) is 65.1 Å². The molecule has 3 N–H and O–H groups in total. The van der Waals surface area contributed by atoms with Crippen LogP contribution in [0.3, 0.4) is 0 Å². The monoisotopic (exact) mass is 204 g/mol. The van der Waals surface area contributed by atoms with Crippen molar-refractivity contribution >= 4 is 22.6 Å². The van der Waals surface area contributed by atoms with Gasteiger partial charge in [-0.3, -0.25) is 4.79 Å². The molecular weight excluding hydrogens is 192 g/mol. The van der Waals surface area contributed by atoms with Crippen molar-refractivity contribution in [3.63, 3.8) is 0 Å². The molecule has 1 aromatic carbocycles. The first-order valence-corrected chi connectivity index (χ1v) is 4.74. The number of carboxylic acids is 1. The van der Waals surface area contributed by atoms with Gasteiger partial charge in [-0.1, -0.05) is 6.07 Å². The average Bonchev–Trinajstić information content (AvgIpc) is 2.66. The largest absolute Gasteiger partial charge is 0.480 e. The molecule has 0 spiro atoms. The van der Waals surface area contributed by atoms with Crippen LogP contribution in [0.5, 0.6) is 0 Å². The van der Waals surface area contributed by atoms with E-state index in [9.17, 15) is 4.79 Å². The van der Waals surface area contributed by atoms with Crippen molar-refractivity contribution in [2.24, 2.45) is 0 Å². The Hall–Kier alpha value is -1.97. The van der Waals surface area contributed by atoms with Gasteiger partial charge < -0.3 is 15.4 Å². The summed E-state index contributed by atoms with van der Waals surface area (Å²) >= 11 is 0. The summed E-state index contributed by atoms with van der Waals surface area (Å²) in [5, 5.41) is 12.8. The molecule has 1 atom stereocenters. The number of nitrogens with one attached hydrogen (secondary N) is 2. The second kappa shape index (κ2) is 3.65. The van der Waals surface area contributed by atoms with E-state index in [2.05, 4.69) is 10.3 Å². The molecule has 4 nitrogen and oxygen atoms in total. The third-order valence-corrected chi connectivity index (χ3v) is 2.34. The van der Waals surface area contributed by atoms with E-state index in [1.54, 1.807) is 6.92 Å². The van der Waals surface area contributed by atoms with Gasteiger partial charge in [-0.15, -0.1) is 0 Å². The average molecular weight is 204 g/mol. The highest BCUT2D eigenvalue weighted by atomic mass is 16.4. The normalized spacial score (nSPS) is 12.6. The Morgan fingerprint density at radius 1 is 1.47 bits per heavy atom. The van der Waals surface area contributed by atoms with Gasteiger partial charge in [-0.05, 0) is 25.1 Å². The van der Waals surface area contributed by atoms with E-state index in [0.717, 1.165) is 16.6 Å². The molecule has 0 saturated carbocycles. The maximum atomic E-state index is 10.7. The quantitative estimate of drug-likeness (QED) is 0.716. The van der Waals surface area contributed by atoms with Gasteiger partial charge in [-0.2, -0.15) is 0 Å². The van der Waals surface area contributed by atoms with Crippen LogP contribution < -0.4 is 5.32 Å². The molecule has 2 rings (SSSR count). The van der Waals surface area contributed by atoms with Crippen molar-refractivity contribution in [2.75, 3.05) is 5.32 Å². The van der Waals surface area contributed by atoms with E-state index >= 15 is 0 Å². The highest BCUT2D eigenvalue weighted by Crippen LogP contribution is 2.22. The van der Waals surface area contributed by atoms with Crippen molar-refractivity contribution in [3.05, 3.63) is 30.5 Å². The molecule has 78 valence electrons. The molecule has 1 heterocycles. The first kappa shape index (κ1) is 9.58. The first-order chi connectivity index (χ1) is 7.18. The van der Waals surface area contributed by atoms with Gasteiger partial charge in [0.15, 0.2) is 0 Å². The summed E-state index contributed by atoms with van der Waals surface area (Å²) in [6.07, 6.45) is 1.83. The molecule has 0 aliphatic carbocycles. The number of carbonyl (C=O) groups is 1. The summed E-state index contributed by atoms with van der Waals surface area (Å²) in [5.74, 6) is -0.859. The highest BCUT2D eigenvalue weighted by molar-refractivity contribution is 5.93. The minimum Gasteiger partial charge on any atom is -0.480 e. The van der Waals surface area contributed by atoms with Gasteiger partial charge in [0.25, 0.3) is 0 Å². The Balaban J connectivity index is 2.35. The molecule has 0 amide bonds. The van der Waals surface area contributed by atoms with Crippen LogP contribution in [0.1, 0.15) is 6.92 Å². The minimum atomic E-state index is -0.859. The van der Waals surface area contributed by atoms with Crippen LogP contribution in [0.2, 0.25) is 0 Å². The number of hydrogen-bond donors (Lipinski definition) is 3. The summed E-state index contributed by atoms with van der Waals surface area (Å²) in [6, 6.07) is 7.04. The van der Waals surface area contributed by atoms with Crippen LogP contribution in [0.15, 0.2) is 30.5 Å². The second-order valence-electron chi connectivity index (χ2n) is 3.45. The van der Waals surface area contributed by atoms with Crippen LogP contribution >= 0.6 is 0 Å². The van der Waals surface area contributed by atoms with E-state index < -0.39 is 12.0 Å². The van der Waals surface area contributed by atoms with E-state index in [1.165, 1.54) is 0 Å². The van der Waals surface area contributed by atoms with Crippen molar-refractivity contribution in [2.45, 2.75) is 13.0 Å². The summed E-state index contributed by atoms with van der Waals surface area (Å²) in [7, 11) is 0. The molecule has 0 aliphatic rings. The fourth-order valence-corrected chi connectivity index (χ4v) is 1.51. The zero-order chi connectivity index (χ0) is 10.8. The summed E-state index contributed by atoms with van der Waals surface area (Å²) in [6.45, 7) is 1.62. The summed E-state index contributed by atoms with van der Waals surface area (Å²) < 4.78 is 0. The maximum absolute atomic E-state index is 10.7. The van der Waals surface area contributed by atoms with Gasteiger partial charge in [0.05, 0.1) is 0 Å². The number of anilines is 1. The Morgan fingerprint density at radius 2 is 2.27 bits per heavy atom. The Bertz CT molecular complexity index is 490. The van der Waals surface area contributed by atoms with E-state index in [-0.39, 0.29) is 0 Å². The van der Waals surface area contributed by atoms with Gasteiger partial charge in [0.1, 0.15) is 6.04 Å². The predicted octanol–water partition coefficient (Wildman–Crippen LogP) is 2.05. The number of rotatable bonds is 3.